The third-order valence-corrected chi connectivity index (χ3v) is 5.53. The summed E-state index contributed by atoms with van der Waals surface area (Å²) < 4.78 is 3.65. The Labute approximate surface area is 186 Å². The molecule has 0 saturated carbocycles. The van der Waals surface area contributed by atoms with E-state index in [0.717, 1.165) is 33.4 Å². The van der Waals surface area contributed by atoms with Crippen LogP contribution < -0.4 is 4.90 Å². The number of nitrogens with zero attached hydrogens (tertiary/aromatic N) is 5. The van der Waals surface area contributed by atoms with Crippen molar-refractivity contribution in [1.29, 1.82) is 0 Å². The lowest BCUT2D eigenvalue weighted by atomic mass is 10.1. The summed E-state index contributed by atoms with van der Waals surface area (Å²) in [6, 6.07) is 28.0. The van der Waals surface area contributed by atoms with Crippen LogP contribution in [0, 0.1) is 0 Å². The second-order valence-corrected chi connectivity index (χ2v) is 7.81. The van der Waals surface area contributed by atoms with Gasteiger partial charge in [0.1, 0.15) is 12.1 Å². The van der Waals surface area contributed by atoms with Gasteiger partial charge in [0.15, 0.2) is 0 Å². The normalized spacial score (nSPS) is 11.0. The first-order chi connectivity index (χ1) is 15.7. The van der Waals surface area contributed by atoms with E-state index in [1.807, 2.05) is 84.7 Å². The predicted octanol–water partition coefficient (Wildman–Crippen LogP) is 4.67. The van der Waals surface area contributed by atoms with Gasteiger partial charge in [-0.3, -0.25) is 4.79 Å². The van der Waals surface area contributed by atoms with Crippen molar-refractivity contribution in [3.8, 4) is 11.1 Å². The number of para-hydroxylation sites is 1. The van der Waals surface area contributed by atoms with Crippen LogP contribution in [0.2, 0.25) is 0 Å². The Hall–Kier alpha value is -4.19. The highest BCUT2D eigenvalue weighted by Gasteiger charge is 2.19. The van der Waals surface area contributed by atoms with Crippen molar-refractivity contribution >= 4 is 22.6 Å². The maximum absolute atomic E-state index is 13.5. The summed E-state index contributed by atoms with van der Waals surface area (Å²) in [6.07, 6.45) is 4.02. The molecule has 0 atom stereocenters. The second kappa shape index (κ2) is 8.51. The lowest BCUT2D eigenvalue weighted by molar-refractivity contribution is -0.119. The fraction of sp³-hybridized carbons (Fsp3) is 0.115. The minimum atomic E-state index is -0.0445. The molecule has 2 aromatic heterocycles. The molecule has 3 aromatic carbocycles. The molecule has 5 rings (SSSR count). The maximum atomic E-state index is 13.5. The van der Waals surface area contributed by atoms with E-state index >= 15 is 0 Å². The lowest BCUT2D eigenvalue weighted by Gasteiger charge is -2.23. The predicted molar refractivity (Wildman–Crippen MR) is 126 cm³/mol. The van der Waals surface area contributed by atoms with E-state index in [0.29, 0.717) is 6.54 Å². The van der Waals surface area contributed by atoms with Crippen molar-refractivity contribution in [2.45, 2.75) is 13.1 Å². The molecule has 32 heavy (non-hydrogen) atoms. The molecule has 0 N–H and O–H groups in total. The summed E-state index contributed by atoms with van der Waals surface area (Å²) in [6.45, 7) is 0.602. The number of hydrogen-bond acceptors (Lipinski definition) is 3. The zero-order chi connectivity index (χ0) is 21.9. The van der Waals surface area contributed by atoms with Gasteiger partial charge in [-0.05, 0) is 47.0 Å². The first-order valence-corrected chi connectivity index (χ1v) is 10.5. The number of rotatable bonds is 6. The first-order valence-electron chi connectivity index (χ1n) is 10.5. The number of carbonyl (C=O) groups excluding carboxylic acids is 1. The SMILES string of the molecule is Cn1ccc(CN(C(=O)Cn2nnc3ccccc32)c2ccc(-c3ccccc3)cc2)c1. The largest absolute Gasteiger partial charge is 0.357 e. The van der Waals surface area contributed by atoms with Gasteiger partial charge in [0.2, 0.25) is 5.91 Å². The van der Waals surface area contributed by atoms with Gasteiger partial charge in [-0.25, -0.2) is 4.68 Å². The Balaban J connectivity index is 1.45. The number of fused-ring (bicyclic) bond motifs is 1. The van der Waals surface area contributed by atoms with Gasteiger partial charge in [-0.1, -0.05) is 59.8 Å². The molecular weight excluding hydrogens is 398 g/mol. The third kappa shape index (κ3) is 4.03. The Bertz CT molecular complexity index is 1350. The summed E-state index contributed by atoms with van der Waals surface area (Å²) in [5.74, 6) is -0.0445. The van der Waals surface area contributed by atoms with Crippen LogP contribution in [0.5, 0.6) is 0 Å². The van der Waals surface area contributed by atoms with Gasteiger partial charge in [-0.2, -0.15) is 0 Å². The standard InChI is InChI=1S/C26H23N5O/c1-29-16-15-20(17-29)18-30(23-13-11-22(12-14-23)21-7-3-2-4-8-21)26(32)19-31-25-10-6-5-9-24(25)27-28-31/h2-17H,18-19H2,1H3. The van der Waals surface area contributed by atoms with Crippen LogP contribution in [0.4, 0.5) is 5.69 Å². The van der Waals surface area contributed by atoms with E-state index in [4.69, 9.17) is 0 Å². The molecule has 0 aliphatic rings. The van der Waals surface area contributed by atoms with Gasteiger partial charge >= 0.3 is 0 Å². The molecule has 6 nitrogen and oxygen atoms in total. The Morgan fingerprint density at radius 2 is 1.59 bits per heavy atom. The Kier molecular flexibility index (Phi) is 5.25. The molecule has 1 amide bonds. The van der Waals surface area contributed by atoms with Gasteiger partial charge in [-0.15, -0.1) is 5.10 Å². The number of aryl methyl sites for hydroxylation is 1. The van der Waals surface area contributed by atoms with Crippen molar-refractivity contribution in [2.75, 3.05) is 4.90 Å². The maximum Gasteiger partial charge on any atom is 0.249 e. The van der Waals surface area contributed by atoms with Gasteiger partial charge in [0.25, 0.3) is 0 Å². The Morgan fingerprint density at radius 3 is 2.34 bits per heavy atom. The fourth-order valence-corrected chi connectivity index (χ4v) is 3.87. The molecule has 0 saturated heterocycles. The summed E-state index contributed by atoms with van der Waals surface area (Å²) in [5.41, 5.74) is 5.80. The number of aromatic nitrogens is 4. The van der Waals surface area contributed by atoms with Crippen LogP contribution >= 0.6 is 0 Å². The molecule has 158 valence electrons. The van der Waals surface area contributed by atoms with E-state index in [2.05, 4.69) is 34.6 Å². The van der Waals surface area contributed by atoms with Crippen LogP contribution in [0.1, 0.15) is 5.56 Å². The van der Waals surface area contributed by atoms with Crippen LogP contribution in [0.15, 0.2) is 97.3 Å². The Morgan fingerprint density at radius 1 is 0.875 bits per heavy atom. The highest BCUT2D eigenvalue weighted by molar-refractivity contribution is 5.94. The second-order valence-electron chi connectivity index (χ2n) is 7.81. The number of amides is 1. The van der Waals surface area contributed by atoms with Crippen LogP contribution in [-0.4, -0.2) is 25.5 Å². The highest BCUT2D eigenvalue weighted by Crippen LogP contribution is 2.25. The minimum absolute atomic E-state index is 0.0445. The number of hydrogen-bond donors (Lipinski definition) is 0. The highest BCUT2D eigenvalue weighted by atomic mass is 16.2. The summed E-state index contributed by atoms with van der Waals surface area (Å²) >= 11 is 0. The first kappa shape index (κ1) is 19.8. The average molecular weight is 422 g/mol. The molecule has 6 heteroatoms. The molecule has 0 bridgehead atoms. The van der Waals surface area contributed by atoms with Crippen molar-refractivity contribution in [3.63, 3.8) is 0 Å². The lowest BCUT2D eigenvalue weighted by Crippen LogP contribution is -2.33. The molecule has 0 aliphatic carbocycles. The van der Waals surface area contributed by atoms with Gasteiger partial charge < -0.3 is 9.47 Å². The van der Waals surface area contributed by atoms with E-state index in [-0.39, 0.29) is 12.5 Å². The minimum Gasteiger partial charge on any atom is -0.357 e. The number of benzene rings is 3. The zero-order valence-corrected chi connectivity index (χ0v) is 17.8. The molecule has 2 heterocycles. The average Bonchev–Trinajstić information content (AvgIpc) is 3.44. The van der Waals surface area contributed by atoms with Crippen molar-refractivity contribution in [3.05, 3.63) is 103 Å². The molecule has 5 aromatic rings. The molecule has 0 unspecified atom stereocenters. The number of carbonyl (C=O) groups is 1. The van der Waals surface area contributed by atoms with Gasteiger partial charge in [0, 0.05) is 25.1 Å². The van der Waals surface area contributed by atoms with E-state index in [9.17, 15) is 4.79 Å². The van der Waals surface area contributed by atoms with Crippen LogP contribution in [-0.2, 0) is 24.9 Å². The van der Waals surface area contributed by atoms with Gasteiger partial charge in [0.05, 0.1) is 12.1 Å². The zero-order valence-electron chi connectivity index (χ0n) is 17.8. The summed E-state index contributed by atoms with van der Waals surface area (Å²) in [5, 5.41) is 8.37. The fourth-order valence-electron chi connectivity index (χ4n) is 3.87. The molecule has 0 radical (unpaired) electrons. The molecule has 0 fully saturated rings. The smallest absolute Gasteiger partial charge is 0.249 e. The van der Waals surface area contributed by atoms with Crippen molar-refractivity contribution in [2.24, 2.45) is 7.05 Å². The van der Waals surface area contributed by atoms with Crippen LogP contribution in [0.25, 0.3) is 22.2 Å². The molecule has 0 spiro atoms. The topological polar surface area (TPSA) is 56.0 Å². The van der Waals surface area contributed by atoms with Crippen LogP contribution in [0.3, 0.4) is 0 Å². The van der Waals surface area contributed by atoms with E-state index in [1.54, 1.807) is 9.58 Å². The molecular formula is C26H23N5O. The van der Waals surface area contributed by atoms with E-state index in [1.165, 1.54) is 0 Å². The summed E-state index contributed by atoms with van der Waals surface area (Å²) in [7, 11) is 1.98. The quantitative estimate of drug-likeness (QED) is 0.400. The monoisotopic (exact) mass is 421 g/mol. The summed E-state index contributed by atoms with van der Waals surface area (Å²) in [4.78, 5) is 15.3. The van der Waals surface area contributed by atoms with Crippen molar-refractivity contribution < 1.29 is 4.79 Å². The number of anilines is 1. The van der Waals surface area contributed by atoms with E-state index < -0.39 is 0 Å². The molecule has 0 aliphatic heterocycles. The van der Waals surface area contributed by atoms with Crippen molar-refractivity contribution in [1.82, 2.24) is 19.6 Å². The third-order valence-electron chi connectivity index (χ3n) is 5.53.